The first kappa shape index (κ1) is 7.34. The summed E-state index contributed by atoms with van der Waals surface area (Å²) in [6.45, 7) is 0. The van der Waals surface area contributed by atoms with Crippen LogP contribution in [0.1, 0.15) is 0 Å². The van der Waals surface area contributed by atoms with Crippen LogP contribution in [0.5, 0.6) is 5.06 Å². The number of ether oxygens (including phenoxy) is 1. The highest BCUT2D eigenvalue weighted by atomic mass is 32.1. The normalized spacial score (nSPS) is 9.50. The van der Waals surface area contributed by atoms with Gasteiger partial charge in [0, 0.05) is 14.1 Å². The van der Waals surface area contributed by atoms with Gasteiger partial charge in [-0.25, -0.2) is 4.98 Å². The van der Waals surface area contributed by atoms with Gasteiger partial charge in [-0.3, -0.25) is 0 Å². The average Bonchev–Trinajstić information content (AvgIpc) is 2.34. The Labute approximate surface area is 64.3 Å². The van der Waals surface area contributed by atoms with E-state index >= 15 is 0 Å². The smallest absolute Gasteiger partial charge is 0.195 e. The first-order valence-corrected chi connectivity index (χ1v) is 3.73. The fourth-order valence-electron chi connectivity index (χ4n) is 0.552. The summed E-state index contributed by atoms with van der Waals surface area (Å²) in [6, 6.07) is 0. The van der Waals surface area contributed by atoms with E-state index in [0.29, 0.717) is 0 Å². The van der Waals surface area contributed by atoms with Crippen molar-refractivity contribution in [1.29, 1.82) is 0 Å². The zero-order chi connectivity index (χ0) is 7.56. The van der Waals surface area contributed by atoms with Crippen molar-refractivity contribution in [2.45, 2.75) is 0 Å². The number of thiazole rings is 1. The molecular weight excluding hydrogens is 148 g/mol. The Bertz CT molecular complexity index is 209. The van der Waals surface area contributed by atoms with Crippen LogP contribution in [0.25, 0.3) is 0 Å². The third kappa shape index (κ3) is 1.39. The average molecular weight is 158 g/mol. The monoisotopic (exact) mass is 158 g/mol. The Kier molecular flexibility index (Phi) is 2.11. The highest BCUT2D eigenvalue weighted by Gasteiger charge is 2.01. The number of aromatic nitrogens is 1. The topological polar surface area (TPSA) is 25.4 Å². The first-order chi connectivity index (χ1) is 4.74. The number of anilines is 1. The highest BCUT2D eigenvalue weighted by Crippen LogP contribution is 2.26. The summed E-state index contributed by atoms with van der Waals surface area (Å²) in [7, 11) is 5.56. The van der Waals surface area contributed by atoms with E-state index in [1.165, 1.54) is 11.3 Å². The lowest BCUT2D eigenvalue weighted by Gasteiger charge is -2.04. The van der Waals surface area contributed by atoms with E-state index in [4.69, 9.17) is 4.74 Å². The molecule has 0 aliphatic carbocycles. The van der Waals surface area contributed by atoms with E-state index in [1.54, 1.807) is 13.3 Å². The maximum atomic E-state index is 4.97. The number of hydrogen-bond acceptors (Lipinski definition) is 4. The van der Waals surface area contributed by atoms with Crippen LogP contribution in [0.15, 0.2) is 6.20 Å². The lowest BCUT2D eigenvalue weighted by atomic mass is 10.9. The predicted molar refractivity (Wildman–Crippen MR) is 43.0 cm³/mol. The largest absolute Gasteiger partial charge is 0.486 e. The Morgan fingerprint density at radius 1 is 1.60 bits per heavy atom. The van der Waals surface area contributed by atoms with Crippen LogP contribution in [0.3, 0.4) is 0 Å². The molecule has 0 atom stereocenters. The Morgan fingerprint density at radius 2 is 2.30 bits per heavy atom. The SMILES string of the molecule is COc1cnc(N(C)C)s1. The van der Waals surface area contributed by atoms with Crippen molar-refractivity contribution >= 4 is 16.5 Å². The highest BCUT2D eigenvalue weighted by molar-refractivity contribution is 7.17. The molecule has 0 saturated carbocycles. The molecule has 0 aliphatic rings. The van der Waals surface area contributed by atoms with Crippen LogP contribution in [0, 0.1) is 0 Å². The van der Waals surface area contributed by atoms with Gasteiger partial charge in [0.25, 0.3) is 0 Å². The minimum atomic E-state index is 0.851. The minimum Gasteiger partial charge on any atom is -0.486 e. The van der Waals surface area contributed by atoms with Gasteiger partial charge in [-0.15, -0.1) is 0 Å². The van der Waals surface area contributed by atoms with Crippen molar-refractivity contribution in [3.05, 3.63) is 6.20 Å². The third-order valence-corrected chi connectivity index (χ3v) is 2.18. The molecule has 4 heteroatoms. The molecule has 0 saturated heterocycles. The molecule has 0 amide bonds. The van der Waals surface area contributed by atoms with Crippen LogP contribution in [0.4, 0.5) is 5.13 Å². The van der Waals surface area contributed by atoms with Crippen LogP contribution in [-0.4, -0.2) is 26.2 Å². The minimum absolute atomic E-state index is 0.851. The van der Waals surface area contributed by atoms with E-state index in [1.807, 2.05) is 19.0 Å². The van der Waals surface area contributed by atoms with Gasteiger partial charge in [-0.2, -0.15) is 0 Å². The summed E-state index contributed by atoms with van der Waals surface area (Å²) in [4.78, 5) is 6.06. The molecule has 1 aromatic rings. The fourth-order valence-corrected chi connectivity index (χ4v) is 1.21. The summed E-state index contributed by atoms with van der Waals surface area (Å²) < 4.78 is 4.97. The molecule has 10 heavy (non-hydrogen) atoms. The molecule has 0 N–H and O–H groups in total. The summed E-state index contributed by atoms with van der Waals surface area (Å²) in [6.07, 6.45) is 1.72. The lowest BCUT2D eigenvalue weighted by molar-refractivity contribution is 0.426. The van der Waals surface area contributed by atoms with Crippen LogP contribution >= 0.6 is 11.3 Å². The van der Waals surface area contributed by atoms with Gasteiger partial charge >= 0.3 is 0 Å². The van der Waals surface area contributed by atoms with E-state index in [0.717, 1.165) is 10.2 Å². The van der Waals surface area contributed by atoms with Gasteiger partial charge in [0.2, 0.25) is 0 Å². The van der Waals surface area contributed by atoms with E-state index in [2.05, 4.69) is 4.98 Å². The van der Waals surface area contributed by atoms with Crippen molar-refractivity contribution in [3.63, 3.8) is 0 Å². The van der Waals surface area contributed by atoms with Crippen molar-refractivity contribution < 1.29 is 4.74 Å². The van der Waals surface area contributed by atoms with Gasteiger partial charge < -0.3 is 9.64 Å². The number of methoxy groups -OCH3 is 1. The second-order valence-electron chi connectivity index (χ2n) is 2.06. The van der Waals surface area contributed by atoms with Gasteiger partial charge in [0.1, 0.15) is 0 Å². The third-order valence-electron chi connectivity index (χ3n) is 1.06. The number of nitrogens with zero attached hydrogens (tertiary/aromatic N) is 2. The van der Waals surface area contributed by atoms with E-state index in [9.17, 15) is 0 Å². The molecule has 0 fully saturated rings. The van der Waals surface area contributed by atoms with Crippen LogP contribution < -0.4 is 9.64 Å². The summed E-state index contributed by atoms with van der Waals surface area (Å²) in [5.74, 6) is 0. The van der Waals surface area contributed by atoms with Crippen LogP contribution in [-0.2, 0) is 0 Å². The van der Waals surface area contributed by atoms with Crippen molar-refractivity contribution in [2.24, 2.45) is 0 Å². The standard InChI is InChI=1S/C6H10N2OS/c1-8(2)6-7-4-5(9-3)10-6/h4H,1-3H3. The quantitative estimate of drug-likeness (QED) is 0.647. The molecule has 0 radical (unpaired) electrons. The molecular formula is C6H10N2OS. The predicted octanol–water partition coefficient (Wildman–Crippen LogP) is 1.22. The van der Waals surface area contributed by atoms with Crippen molar-refractivity contribution in [1.82, 2.24) is 4.98 Å². The zero-order valence-electron chi connectivity index (χ0n) is 6.29. The molecule has 1 heterocycles. The Hall–Kier alpha value is -0.770. The second kappa shape index (κ2) is 2.88. The van der Waals surface area contributed by atoms with Crippen LogP contribution in [0.2, 0.25) is 0 Å². The molecule has 1 rings (SSSR count). The van der Waals surface area contributed by atoms with E-state index in [-0.39, 0.29) is 0 Å². The lowest BCUT2D eigenvalue weighted by Crippen LogP contribution is -2.07. The van der Waals surface area contributed by atoms with E-state index < -0.39 is 0 Å². The molecule has 0 bridgehead atoms. The molecule has 0 spiro atoms. The molecule has 3 nitrogen and oxygen atoms in total. The summed E-state index contributed by atoms with van der Waals surface area (Å²) in [5.41, 5.74) is 0. The maximum Gasteiger partial charge on any atom is 0.195 e. The Morgan fingerprint density at radius 3 is 2.60 bits per heavy atom. The van der Waals surface area contributed by atoms with Gasteiger partial charge in [0.15, 0.2) is 10.2 Å². The van der Waals surface area contributed by atoms with Crippen molar-refractivity contribution in [2.75, 3.05) is 26.1 Å². The van der Waals surface area contributed by atoms with Gasteiger partial charge in [-0.1, -0.05) is 11.3 Å². The molecule has 56 valence electrons. The van der Waals surface area contributed by atoms with Gasteiger partial charge in [-0.05, 0) is 0 Å². The fraction of sp³-hybridized carbons (Fsp3) is 0.500. The summed E-state index contributed by atoms with van der Waals surface area (Å²) >= 11 is 1.53. The molecule has 0 aliphatic heterocycles. The number of hydrogen-bond donors (Lipinski definition) is 0. The maximum absolute atomic E-state index is 4.97. The Balaban J connectivity index is 2.78. The zero-order valence-corrected chi connectivity index (χ0v) is 7.10. The second-order valence-corrected chi connectivity index (χ2v) is 3.03. The van der Waals surface area contributed by atoms with Gasteiger partial charge in [0.05, 0.1) is 13.3 Å². The molecule has 0 unspecified atom stereocenters. The van der Waals surface area contributed by atoms with Crippen molar-refractivity contribution in [3.8, 4) is 5.06 Å². The summed E-state index contributed by atoms with van der Waals surface area (Å²) in [5, 5.41) is 1.82. The first-order valence-electron chi connectivity index (χ1n) is 2.91. The molecule has 0 aromatic carbocycles. The number of rotatable bonds is 2. The molecule has 1 aromatic heterocycles.